The topological polar surface area (TPSA) is 339 Å². The minimum atomic E-state index is -1.93. The molecule has 20 heteroatoms. The maximum absolute atomic E-state index is 14.3. The van der Waals surface area contributed by atoms with Crippen LogP contribution < -0.4 is 14.9 Å². The van der Waals surface area contributed by atoms with Crippen LogP contribution in [0.15, 0.2) is 45.6 Å². The molecule has 2 aliphatic heterocycles. The standard InChI is InChI=1S/C34H42O20/c35-8-12-5-17(31(27(46)21(12)40)54-34-29(48)26(45)23(42)19(10-37)53-34)51-32-24(43)20-15(39)6-14(49-33-28(47)25(44)22(41)18(9-36)52-33)7-16(20)50-30(32)11-1-3-13(38)4-2-11/h1-4,6-7,12,17-19,21-23,25-29,31,33-42,44-48H,5,8-10H2. The van der Waals surface area contributed by atoms with E-state index in [1.165, 1.54) is 24.3 Å². The number of phenols is 2. The van der Waals surface area contributed by atoms with Crippen molar-refractivity contribution in [2.45, 2.75) is 92.2 Å². The maximum Gasteiger partial charge on any atom is 0.239 e. The third kappa shape index (κ3) is 7.46. The number of rotatable bonds is 10. The van der Waals surface area contributed by atoms with Crippen LogP contribution in [0.3, 0.4) is 0 Å². The van der Waals surface area contributed by atoms with Crippen molar-refractivity contribution in [1.29, 1.82) is 0 Å². The van der Waals surface area contributed by atoms with Crippen LogP contribution in [0.4, 0.5) is 0 Å². The summed E-state index contributed by atoms with van der Waals surface area (Å²) in [5.41, 5.74) is -1.21. The molecule has 0 amide bonds. The lowest BCUT2D eigenvalue weighted by Gasteiger charge is -2.46. The van der Waals surface area contributed by atoms with Gasteiger partial charge >= 0.3 is 0 Å². The van der Waals surface area contributed by atoms with Crippen LogP contribution in [0.5, 0.6) is 23.0 Å². The summed E-state index contributed by atoms with van der Waals surface area (Å²) < 4.78 is 34.5. The molecule has 54 heavy (non-hydrogen) atoms. The lowest BCUT2D eigenvalue weighted by Crippen LogP contribution is -2.63. The van der Waals surface area contributed by atoms with Gasteiger partial charge in [-0.05, 0) is 30.7 Å². The summed E-state index contributed by atoms with van der Waals surface area (Å²) in [7, 11) is 0. The highest BCUT2D eigenvalue weighted by atomic mass is 16.7. The van der Waals surface area contributed by atoms with Crippen LogP contribution in [-0.2, 0) is 14.2 Å². The van der Waals surface area contributed by atoms with E-state index in [-0.39, 0.29) is 34.8 Å². The molecule has 3 heterocycles. The summed E-state index contributed by atoms with van der Waals surface area (Å²) in [6, 6.07) is 7.27. The number of hydrogen-bond donors (Lipinski definition) is 13. The number of phenolic OH excluding ortho intramolecular Hbond substituents is 2. The SMILES string of the molecule is O=c1c(OC2CC(CO)C(O)C(O)C2OC2OC(CO)C(O)C(O)C2O)c(-c2ccc(O)cc2)oc2cc(OC3OC(CO)C(O)C(O)C3O)cc(O)c12. The molecule has 2 aromatic carbocycles. The van der Waals surface area contributed by atoms with Gasteiger partial charge in [-0.3, -0.25) is 4.79 Å². The summed E-state index contributed by atoms with van der Waals surface area (Å²) in [6.07, 6.45) is -24.0. The van der Waals surface area contributed by atoms with Gasteiger partial charge in [0, 0.05) is 30.2 Å². The molecular formula is C34H42O20. The number of benzene rings is 2. The van der Waals surface area contributed by atoms with E-state index in [1.807, 2.05) is 0 Å². The van der Waals surface area contributed by atoms with Gasteiger partial charge in [0.15, 0.2) is 12.1 Å². The van der Waals surface area contributed by atoms with E-state index in [0.717, 1.165) is 12.1 Å². The predicted molar refractivity (Wildman–Crippen MR) is 176 cm³/mol. The second-order valence-electron chi connectivity index (χ2n) is 13.4. The molecule has 3 fully saturated rings. The maximum atomic E-state index is 14.3. The molecule has 13 N–H and O–H groups in total. The first-order chi connectivity index (χ1) is 25.7. The van der Waals surface area contributed by atoms with Gasteiger partial charge in [-0.25, -0.2) is 0 Å². The van der Waals surface area contributed by atoms with E-state index in [0.29, 0.717) is 0 Å². The Morgan fingerprint density at radius 3 is 1.85 bits per heavy atom. The smallest absolute Gasteiger partial charge is 0.239 e. The van der Waals surface area contributed by atoms with Gasteiger partial charge in [-0.1, -0.05) is 0 Å². The van der Waals surface area contributed by atoms with Crippen molar-refractivity contribution >= 4 is 11.0 Å². The molecule has 3 aliphatic rings. The number of ether oxygens (including phenoxy) is 5. The predicted octanol–water partition coefficient (Wildman–Crippen LogP) is -4.28. The summed E-state index contributed by atoms with van der Waals surface area (Å²) in [6.45, 7) is -2.22. The first-order valence-electron chi connectivity index (χ1n) is 16.9. The molecule has 20 nitrogen and oxygen atoms in total. The van der Waals surface area contributed by atoms with E-state index in [2.05, 4.69) is 0 Å². The Hall–Kier alpha value is -3.71. The molecule has 1 saturated carbocycles. The van der Waals surface area contributed by atoms with Gasteiger partial charge in [0.25, 0.3) is 0 Å². The second kappa shape index (κ2) is 16.2. The Morgan fingerprint density at radius 1 is 0.667 bits per heavy atom. The molecular weight excluding hydrogens is 728 g/mol. The fourth-order valence-corrected chi connectivity index (χ4v) is 6.75. The average molecular weight is 771 g/mol. The van der Waals surface area contributed by atoms with Crippen LogP contribution in [0.25, 0.3) is 22.3 Å². The van der Waals surface area contributed by atoms with Crippen molar-refractivity contribution in [3.63, 3.8) is 0 Å². The van der Waals surface area contributed by atoms with Crippen LogP contribution in [0.2, 0.25) is 0 Å². The number of aliphatic hydroxyl groups excluding tert-OH is 11. The summed E-state index contributed by atoms with van der Waals surface area (Å²) >= 11 is 0. The molecule has 2 saturated heterocycles. The largest absolute Gasteiger partial charge is 0.508 e. The Labute approximate surface area is 304 Å². The van der Waals surface area contributed by atoms with Gasteiger partial charge in [0.1, 0.15) is 95.4 Å². The second-order valence-corrected chi connectivity index (χ2v) is 13.4. The minimum absolute atomic E-state index is 0.128. The van der Waals surface area contributed by atoms with Crippen molar-refractivity contribution in [3.8, 4) is 34.3 Å². The normalized spacial score (nSPS) is 37.3. The first-order valence-corrected chi connectivity index (χ1v) is 16.9. The summed E-state index contributed by atoms with van der Waals surface area (Å²) in [5.74, 6) is -3.14. The Morgan fingerprint density at radius 2 is 1.26 bits per heavy atom. The molecule has 0 spiro atoms. The molecule has 0 radical (unpaired) electrons. The molecule has 0 bridgehead atoms. The number of fused-ring (bicyclic) bond motifs is 1. The molecule has 298 valence electrons. The molecule has 1 aromatic heterocycles. The molecule has 1 aliphatic carbocycles. The minimum Gasteiger partial charge on any atom is -0.508 e. The number of aromatic hydroxyl groups is 2. The Balaban J connectivity index is 1.41. The monoisotopic (exact) mass is 770 g/mol. The third-order valence-electron chi connectivity index (χ3n) is 9.85. The van der Waals surface area contributed by atoms with Crippen LogP contribution in [0, 0.1) is 5.92 Å². The molecule has 15 unspecified atom stereocenters. The fourth-order valence-electron chi connectivity index (χ4n) is 6.75. The van der Waals surface area contributed by atoms with E-state index in [9.17, 15) is 71.2 Å². The number of hydrogen-bond acceptors (Lipinski definition) is 20. The van der Waals surface area contributed by atoms with Crippen LogP contribution >= 0.6 is 0 Å². The van der Waals surface area contributed by atoms with Crippen molar-refractivity contribution < 1.29 is 94.5 Å². The Bertz CT molecular complexity index is 1800. The van der Waals surface area contributed by atoms with E-state index in [4.69, 9.17) is 28.1 Å². The third-order valence-corrected chi connectivity index (χ3v) is 9.85. The highest BCUT2D eigenvalue weighted by Crippen LogP contribution is 2.40. The van der Waals surface area contributed by atoms with Gasteiger partial charge in [-0.2, -0.15) is 0 Å². The highest BCUT2D eigenvalue weighted by Gasteiger charge is 2.51. The van der Waals surface area contributed by atoms with E-state index >= 15 is 0 Å². The lowest BCUT2D eigenvalue weighted by molar-refractivity contribution is -0.330. The van der Waals surface area contributed by atoms with Crippen molar-refractivity contribution in [3.05, 3.63) is 46.6 Å². The highest BCUT2D eigenvalue weighted by molar-refractivity contribution is 5.88. The van der Waals surface area contributed by atoms with E-state index in [1.54, 1.807) is 0 Å². The zero-order valence-corrected chi connectivity index (χ0v) is 28.1. The van der Waals surface area contributed by atoms with Gasteiger partial charge in [-0.15, -0.1) is 0 Å². The number of aliphatic hydroxyl groups is 11. The first kappa shape index (κ1) is 40.0. The van der Waals surface area contributed by atoms with Crippen molar-refractivity contribution in [1.82, 2.24) is 0 Å². The molecule has 6 rings (SSSR count). The van der Waals surface area contributed by atoms with Gasteiger partial charge in [0.2, 0.25) is 17.5 Å². The average Bonchev–Trinajstić information content (AvgIpc) is 3.15. The molecule has 15 atom stereocenters. The van der Waals surface area contributed by atoms with Crippen LogP contribution in [0.1, 0.15) is 6.42 Å². The summed E-state index contributed by atoms with van der Waals surface area (Å²) in [4.78, 5) is 14.3. The van der Waals surface area contributed by atoms with Gasteiger partial charge < -0.3 is 94.5 Å². The van der Waals surface area contributed by atoms with Gasteiger partial charge in [0.05, 0.1) is 19.3 Å². The zero-order valence-electron chi connectivity index (χ0n) is 28.1. The van der Waals surface area contributed by atoms with Crippen molar-refractivity contribution in [2.24, 2.45) is 5.92 Å². The van der Waals surface area contributed by atoms with E-state index < -0.39 is 134 Å². The summed E-state index contributed by atoms with van der Waals surface area (Å²) in [5, 5.41) is 134. The molecule has 3 aromatic rings. The Kier molecular flexibility index (Phi) is 12.0. The fraction of sp³-hybridized carbons (Fsp3) is 0.559. The lowest BCUT2D eigenvalue weighted by atomic mass is 9.81. The quantitative estimate of drug-likeness (QED) is 0.0927. The van der Waals surface area contributed by atoms with Crippen LogP contribution in [-0.4, -0.2) is 172 Å². The zero-order chi connectivity index (χ0) is 39.2. The van der Waals surface area contributed by atoms with Crippen molar-refractivity contribution in [2.75, 3.05) is 19.8 Å².